The van der Waals surface area contributed by atoms with Crippen LogP contribution in [-0.4, -0.2) is 41.9 Å². The second kappa shape index (κ2) is 3.73. The van der Waals surface area contributed by atoms with E-state index in [4.69, 9.17) is 9.47 Å². The highest BCUT2D eigenvalue weighted by atomic mass is 16.7. The van der Waals surface area contributed by atoms with Crippen LogP contribution in [0.3, 0.4) is 0 Å². The Kier molecular flexibility index (Phi) is 2.47. The van der Waals surface area contributed by atoms with Crippen LogP contribution in [0.25, 0.3) is 0 Å². The molecule has 5 atom stereocenters. The minimum atomic E-state index is -0.478. The maximum Gasteiger partial charge on any atom is 0.174 e. The SMILES string of the molecule is C[C@@]12CC[C@]3(CC[C@@H](O)[C@H]3[C@H]1CO)C1(C2)OCCO1. The molecule has 0 aromatic carbocycles. The lowest BCUT2D eigenvalue weighted by molar-refractivity contribution is -0.336. The molecule has 4 saturated carbocycles. The monoisotopic (exact) mass is 268 g/mol. The molecular weight excluding hydrogens is 244 g/mol. The summed E-state index contributed by atoms with van der Waals surface area (Å²) in [4.78, 5) is 0. The van der Waals surface area contributed by atoms with Gasteiger partial charge in [0.25, 0.3) is 0 Å². The van der Waals surface area contributed by atoms with Gasteiger partial charge in [-0.25, -0.2) is 0 Å². The summed E-state index contributed by atoms with van der Waals surface area (Å²) >= 11 is 0. The molecule has 0 amide bonds. The summed E-state index contributed by atoms with van der Waals surface area (Å²) in [6.45, 7) is 3.76. The maximum absolute atomic E-state index is 10.5. The Bertz CT molecular complexity index is 392. The molecule has 19 heavy (non-hydrogen) atoms. The number of fused-ring (bicyclic) bond motifs is 1. The van der Waals surface area contributed by atoms with Crippen molar-refractivity contribution in [1.29, 1.82) is 0 Å². The lowest BCUT2D eigenvalue weighted by Gasteiger charge is -2.66. The molecule has 1 saturated heterocycles. The maximum atomic E-state index is 10.5. The highest BCUT2D eigenvalue weighted by molar-refractivity contribution is 5.19. The van der Waals surface area contributed by atoms with Gasteiger partial charge in [0.1, 0.15) is 0 Å². The fourth-order valence-corrected chi connectivity index (χ4v) is 5.93. The van der Waals surface area contributed by atoms with Crippen molar-refractivity contribution in [3.8, 4) is 0 Å². The van der Waals surface area contributed by atoms with Crippen LogP contribution in [0.5, 0.6) is 0 Å². The van der Waals surface area contributed by atoms with Crippen LogP contribution < -0.4 is 0 Å². The number of rotatable bonds is 1. The van der Waals surface area contributed by atoms with Gasteiger partial charge >= 0.3 is 0 Å². The summed E-state index contributed by atoms with van der Waals surface area (Å²) in [7, 11) is 0. The molecule has 4 heteroatoms. The molecule has 1 aliphatic heterocycles. The van der Waals surface area contributed by atoms with Crippen molar-refractivity contribution in [1.82, 2.24) is 0 Å². The number of hydrogen-bond donors (Lipinski definition) is 2. The van der Waals surface area contributed by atoms with E-state index >= 15 is 0 Å². The summed E-state index contributed by atoms with van der Waals surface area (Å²) in [6, 6.07) is 0. The van der Waals surface area contributed by atoms with Gasteiger partial charge in [-0.1, -0.05) is 6.92 Å². The smallest absolute Gasteiger partial charge is 0.174 e. The highest BCUT2D eigenvalue weighted by Crippen LogP contribution is 2.73. The van der Waals surface area contributed by atoms with E-state index in [9.17, 15) is 10.2 Å². The standard InChI is InChI=1S/C15H24O4/c1-13-4-5-14(15(9-13)18-6-7-19-15)3-2-11(17)12(14)10(13)8-16/h10-12,16-17H,2-9H2,1H3/t10-,11-,12-,13+,14+/m1/s1. The predicted octanol–water partition coefficient (Wildman–Crippen LogP) is 1.30. The van der Waals surface area contributed by atoms with Crippen molar-refractivity contribution in [3.05, 3.63) is 0 Å². The quantitative estimate of drug-likeness (QED) is 0.752. The molecule has 4 aliphatic carbocycles. The van der Waals surface area contributed by atoms with Crippen LogP contribution in [0.4, 0.5) is 0 Å². The predicted molar refractivity (Wildman–Crippen MR) is 68.3 cm³/mol. The van der Waals surface area contributed by atoms with Crippen LogP contribution in [0.2, 0.25) is 0 Å². The normalized spacial score (nSPS) is 54.8. The number of aliphatic hydroxyl groups excluding tert-OH is 2. The van der Waals surface area contributed by atoms with Gasteiger partial charge in [0.05, 0.1) is 19.3 Å². The van der Waals surface area contributed by atoms with E-state index in [1.54, 1.807) is 0 Å². The van der Waals surface area contributed by atoms with Crippen molar-refractivity contribution >= 4 is 0 Å². The average Bonchev–Trinajstić information content (AvgIpc) is 2.97. The molecule has 5 rings (SSSR count). The fourth-order valence-electron chi connectivity index (χ4n) is 5.93. The molecule has 0 aromatic rings. The van der Waals surface area contributed by atoms with Crippen LogP contribution in [0.1, 0.15) is 39.0 Å². The van der Waals surface area contributed by atoms with E-state index in [0.29, 0.717) is 13.2 Å². The zero-order valence-electron chi connectivity index (χ0n) is 11.6. The van der Waals surface area contributed by atoms with Gasteiger partial charge in [0, 0.05) is 24.4 Å². The Labute approximate surface area is 114 Å². The molecule has 2 spiro atoms. The first-order chi connectivity index (χ1) is 9.07. The molecule has 4 nitrogen and oxygen atoms in total. The fraction of sp³-hybridized carbons (Fsp3) is 1.00. The van der Waals surface area contributed by atoms with E-state index in [2.05, 4.69) is 6.92 Å². The summed E-state index contributed by atoms with van der Waals surface area (Å²) in [6.07, 6.45) is 4.57. The van der Waals surface area contributed by atoms with Gasteiger partial charge in [-0.05, 0) is 37.0 Å². The first-order valence-corrected chi connectivity index (χ1v) is 7.64. The molecular formula is C15H24O4. The Morgan fingerprint density at radius 2 is 1.89 bits per heavy atom. The first-order valence-electron chi connectivity index (χ1n) is 7.64. The zero-order valence-corrected chi connectivity index (χ0v) is 11.6. The third-order valence-electron chi connectivity index (χ3n) is 6.76. The van der Waals surface area contributed by atoms with Gasteiger partial charge < -0.3 is 19.7 Å². The summed E-state index contributed by atoms with van der Waals surface area (Å²) in [5, 5.41) is 20.4. The molecule has 5 fully saturated rings. The van der Waals surface area contributed by atoms with Gasteiger partial charge in [0.15, 0.2) is 5.79 Å². The summed E-state index contributed by atoms with van der Waals surface area (Å²) < 4.78 is 12.2. The Morgan fingerprint density at radius 3 is 2.58 bits per heavy atom. The van der Waals surface area contributed by atoms with Crippen LogP contribution >= 0.6 is 0 Å². The molecule has 2 N–H and O–H groups in total. The third-order valence-corrected chi connectivity index (χ3v) is 6.76. The second-order valence-corrected chi connectivity index (χ2v) is 7.36. The Hall–Kier alpha value is -0.160. The van der Waals surface area contributed by atoms with Gasteiger partial charge in [-0.15, -0.1) is 0 Å². The number of aliphatic hydroxyl groups is 2. The Morgan fingerprint density at radius 1 is 1.16 bits per heavy atom. The van der Waals surface area contributed by atoms with Crippen molar-refractivity contribution in [3.63, 3.8) is 0 Å². The summed E-state index contributed by atoms with van der Waals surface area (Å²) in [5.74, 6) is -0.145. The average molecular weight is 268 g/mol. The van der Waals surface area contributed by atoms with Crippen molar-refractivity contribution in [2.75, 3.05) is 19.8 Å². The van der Waals surface area contributed by atoms with Gasteiger partial charge in [-0.3, -0.25) is 0 Å². The van der Waals surface area contributed by atoms with E-state index in [0.717, 1.165) is 32.1 Å². The number of hydrogen-bond acceptors (Lipinski definition) is 4. The van der Waals surface area contributed by atoms with Gasteiger partial charge in [0.2, 0.25) is 0 Å². The Balaban J connectivity index is 1.85. The molecule has 0 radical (unpaired) electrons. The number of ether oxygens (including phenoxy) is 2. The third kappa shape index (κ3) is 1.29. The van der Waals surface area contributed by atoms with Crippen molar-refractivity contribution < 1.29 is 19.7 Å². The minimum Gasteiger partial charge on any atom is -0.396 e. The second-order valence-electron chi connectivity index (χ2n) is 7.36. The molecule has 1 heterocycles. The topological polar surface area (TPSA) is 58.9 Å². The van der Waals surface area contributed by atoms with Crippen molar-refractivity contribution in [2.24, 2.45) is 22.7 Å². The van der Waals surface area contributed by atoms with Crippen LogP contribution in [0, 0.1) is 22.7 Å². The molecule has 0 unspecified atom stereocenters. The minimum absolute atomic E-state index is 0.0385. The summed E-state index contributed by atoms with van der Waals surface area (Å²) in [5.41, 5.74) is -0.0229. The zero-order chi connectivity index (χ0) is 13.3. The lowest BCUT2D eigenvalue weighted by Crippen LogP contribution is -2.67. The van der Waals surface area contributed by atoms with Gasteiger partial charge in [-0.2, -0.15) is 0 Å². The molecule has 2 bridgehead atoms. The molecule has 108 valence electrons. The van der Waals surface area contributed by atoms with E-state index < -0.39 is 5.79 Å². The van der Waals surface area contributed by atoms with Crippen LogP contribution in [-0.2, 0) is 9.47 Å². The first kappa shape index (κ1) is 12.6. The highest BCUT2D eigenvalue weighted by Gasteiger charge is 2.74. The van der Waals surface area contributed by atoms with E-state index in [1.807, 2.05) is 0 Å². The van der Waals surface area contributed by atoms with E-state index in [-0.39, 0.29) is 35.4 Å². The largest absolute Gasteiger partial charge is 0.396 e. The van der Waals surface area contributed by atoms with Crippen LogP contribution in [0.15, 0.2) is 0 Å². The molecule has 5 aliphatic rings. The van der Waals surface area contributed by atoms with E-state index in [1.165, 1.54) is 0 Å². The lowest BCUT2D eigenvalue weighted by atomic mass is 9.43. The molecule has 0 aromatic heterocycles. The van der Waals surface area contributed by atoms with Crippen molar-refractivity contribution in [2.45, 2.75) is 50.9 Å².